The predicted octanol–water partition coefficient (Wildman–Crippen LogP) is 1.55. The summed E-state index contributed by atoms with van der Waals surface area (Å²) in [6.07, 6.45) is -1.42. The lowest BCUT2D eigenvalue weighted by molar-refractivity contribution is -0.139. The van der Waals surface area contributed by atoms with E-state index in [4.69, 9.17) is 9.52 Å². The van der Waals surface area contributed by atoms with E-state index < -0.39 is 12.1 Å². The summed E-state index contributed by atoms with van der Waals surface area (Å²) in [5.41, 5.74) is 0. The molecule has 0 amide bonds. The second-order valence-corrected chi connectivity index (χ2v) is 3.04. The number of aliphatic hydroxyl groups is 1. The molecule has 0 radical (unpaired) electrons. The maximum atomic E-state index is 10.2. The maximum absolute atomic E-state index is 10.2. The molecule has 0 spiro atoms. The van der Waals surface area contributed by atoms with Gasteiger partial charge in [-0.3, -0.25) is 4.79 Å². The molecule has 12 heavy (non-hydrogen) atoms. The molecule has 4 nitrogen and oxygen atoms in total. The van der Waals surface area contributed by atoms with Crippen LogP contribution < -0.4 is 0 Å². The number of carboxylic acid groups (broad SMARTS) is 1. The highest BCUT2D eigenvalue weighted by atomic mass is 79.9. The summed E-state index contributed by atoms with van der Waals surface area (Å²) in [5, 5.41) is 17.5. The van der Waals surface area contributed by atoms with Crippen molar-refractivity contribution in [2.75, 3.05) is 0 Å². The van der Waals surface area contributed by atoms with Crippen LogP contribution in [0.2, 0.25) is 0 Å². The standard InChI is InChI=1S/C7H7BrO4/c8-6-2-1-5(12-6)4(9)3-7(10)11/h1-2,4,9H,3H2,(H,10,11)/t4-/m1/s1. The van der Waals surface area contributed by atoms with Crippen LogP contribution in [0.1, 0.15) is 18.3 Å². The molecule has 1 aromatic heterocycles. The van der Waals surface area contributed by atoms with Crippen LogP contribution in [0.5, 0.6) is 0 Å². The molecule has 1 heterocycles. The fourth-order valence-corrected chi connectivity index (χ4v) is 1.09. The van der Waals surface area contributed by atoms with Crippen LogP contribution in [0.15, 0.2) is 21.2 Å². The van der Waals surface area contributed by atoms with Gasteiger partial charge >= 0.3 is 5.97 Å². The van der Waals surface area contributed by atoms with Gasteiger partial charge in [-0.05, 0) is 28.1 Å². The number of hydrogen-bond acceptors (Lipinski definition) is 3. The van der Waals surface area contributed by atoms with Crippen molar-refractivity contribution in [1.82, 2.24) is 0 Å². The molecular formula is C7H7BrO4. The Labute approximate surface area is 76.9 Å². The lowest BCUT2D eigenvalue weighted by Crippen LogP contribution is -2.04. The summed E-state index contributed by atoms with van der Waals surface area (Å²) >= 11 is 3.04. The average Bonchev–Trinajstić information content (AvgIpc) is 2.34. The van der Waals surface area contributed by atoms with E-state index in [-0.39, 0.29) is 12.2 Å². The van der Waals surface area contributed by atoms with E-state index in [1.54, 1.807) is 6.07 Å². The quantitative estimate of drug-likeness (QED) is 0.833. The Morgan fingerprint density at radius 3 is 2.75 bits per heavy atom. The first-order valence-corrected chi connectivity index (χ1v) is 4.04. The van der Waals surface area contributed by atoms with Crippen molar-refractivity contribution in [3.05, 3.63) is 22.6 Å². The number of rotatable bonds is 3. The Kier molecular flexibility index (Phi) is 2.88. The van der Waals surface area contributed by atoms with E-state index in [0.29, 0.717) is 4.67 Å². The van der Waals surface area contributed by atoms with Crippen molar-refractivity contribution >= 4 is 21.9 Å². The van der Waals surface area contributed by atoms with Gasteiger partial charge in [-0.1, -0.05) is 0 Å². The van der Waals surface area contributed by atoms with Crippen molar-refractivity contribution in [3.63, 3.8) is 0 Å². The summed E-state index contributed by atoms with van der Waals surface area (Å²) < 4.78 is 5.42. The molecule has 2 N–H and O–H groups in total. The molecule has 0 aromatic carbocycles. The number of furan rings is 1. The van der Waals surface area contributed by atoms with E-state index >= 15 is 0 Å². The van der Waals surface area contributed by atoms with Gasteiger partial charge in [-0.2, -0.15) is 0 Å². The molecule has 0 unspecified atom stereocenters. The van der Waals surface area contributed by atoms with Crippen molar-refractivity contribution in [1.29, 1.82) is 0 Å². The van der Waals surface area contributed by atoms with Gasteiger partial charge in [-0.25, -0.2) is 0 Å². The molecule has 0 aliphatic carbocycles. The van der Waals surface area contributed by atoms with Gasteiger partial charge in [0.15, 0.2) is 4.67 Å². The number of carbonyl (C=O) groups is 1. The van der Waals surface area contributed by atoms with Crippen molar-refractivity contribution in [2.45, 2.75) is 12.5 Å². The van der Waals surface area contributed by atoms with E-state index in [0.717, 1.165) is 0 Å². The highest BCUT2D eigenvalue weighted by Gasteiger charge is 2.15. The zero-order valence-electron chi connectivity index (χ0n) is 6.03. The molecule has 1 aromatic rings. The van der Waals surface area contributed by atoms with E-state index in [9.17, 15) is 9.90 Å². The second kappa shape index (κ2) is 3.73. The van der Waals surface area contributed by atoms with Crippen LogP contribution in [-0.2, 0) is 4.79 Å². The van der Waals surface area contributed by atoms with Gasteiger partial charge in [0.05, 0.1) is 6.42 Å². The number of halogens is 1. The smallest absolute Gasteiger partial charge is 0.306 e. The minimum absolute atomic E-state index is 0.254. The van der Waals surface area contributed by atoms with Gasteiger partial charge in [0.1, 0.15) is 11.9 Å². The molecule has 0 saturated heterocycles. The highest BCUT2D eigenvalue weighted by Crippen LogP contribution is 2.22. The van der Waals surface area contributed by atoms with Crippen LogP contribution in [-0.4, -0.2) is 16.2 Å². The summed E-state index contributed by atoms with van der Waals surface area (Å²) in [4.78, 5) is 10.2. The molecule has 5 heteroatoms. The van der Waals surface area contributed by atoms with Gasteiger partial charge in [0.2, 0.25) is 0 Å². The first-order chi connectivity index (χ1) is 5.59. The van der Waals surface area contributed by atoms with Gasteiger partial charge < -0.3 is 14.6 Å². The lowest BCUT2D eigenvalue weighted by Gasteiger charge is -2.02. The molecular weight excluding hydrogens is 228 g/mol. The number of aliphatic hydroxyl groups excluding tert-OH is 1. The minimum atomic E-state index is -1.08. The molecule has 1 rings (SSSR count). The molecule has 66 valence electrons. The van der Waals surface area contributed by atoms with Crippen molar-refractivity contribution < 1.29 is 19.4 Å². The van der Waals surface area contributed by atoms with Crippen molar-refractivity contribution in [3.8, 4) is 0 Å². The Balaban J connectivity index is 2.64. The SMILES string of the molecule is O=C(O)C[C@@H](O)c1ccc(Br)o1. The normalized spacial score (nSPS) is 12.8. The highest BCUT2D eigenvalue weighted by molar-refractivity contribution is 9.10. The Hall–Kier alpha value is -0.810. The summed E-state index contributed by atoms with van der Waals surface area (Å²) in [6, 6.07) is 3.12. The lowest BCUT2D eigenvalue weighted by atomic mass is 10.2. The summed E-state index contributed by atoms with van der Waals surface area (Å²) in [7, 11) is 0. The van der Waals surface area contributed by atoms with E-state index in [2.05, 4.69) is 15.9 Å². The van der Waals surface area contributed by atoms with Crippen LogP contribution in [0.3, 0.4) is 0 Å². The molecule has 0 bridgehead atoms. The third-order valence-corrected chi connectivity index (χ3v) is 1.72. The third-order valence-electron chi connectivity index (χ3n) is 1.29. The van der Waals surface area contributed by atoms with E-state index in [1.165, 1.54) is 6.07 Å². The van der Waals surface area contributed by atoms with Gasteiger partial charge in [0.25, 0.3) is 0 Å². The van der Waals surface area contributed by atoms with Crippen molar-refractivity contribution in [2.24, 2.45) is 0 Å². The number of hydrogen-bond donors (Lipinski definition) is 2. The first-order valence-electron chi connectivity index (χ1n) is 3.24. The first kappa shape index (κ1) is 9.28. The molecule has 1 atom stereocenters. The zero-order valence-corrected chi connectivity index (χ0v) is 7.61. The largest absolute Gasteiger partial charge is 0.481 e. The van der Waals surface area contributed by atoms with Crippen LogP contribution in [0.4, 0.5) is 0 Å². The molecule has 0 saturated carbocycles. The Morgan fingerprint density at radius 1 is 1.67 bits per heavy atom. The van der Waals surface area contributed by atoms with Gasteiger partial charge in [-0.15, -0.1) is 0 Å². The average molecular weight is 235 g/mol. The molecule has 0 aliphatic rings. The molecule has 0 fully saturated rings. The Bertz CT molecular complexity index is 281. The summed E-state index contributed by atoms with van der Waals surface area (Å²) in [6.45, 7) is 0. The van der Waals surface area contributed by atoms with Crippen LogP contribution in [0, 0.1) is 0 Å². The van der Waals surface area contributed by atoms with Crippen LogP contribution >= 0.6 is 15.9 Å². The third kappa shape index (κ3) is 2.35. The summed E-state index contributed by atoms with van der Waals surface area (Å²) in [5.74, 6) is -0.806. The van der Waals surface area contributed by atoms with Crippen LogP contribution in [0.25, 0.3) is 0 Å². The van der Waals surface area contributed by atoms with Gasteiger partial charge in [0, 0.05) is 0 Å². The fourth-order valence-electron chi connectivity index (χ4n) is 0.773. The maximum Gasteiger partial charge on any atom is 0.306 e. The number of carboxylic acids is 1. The monoisotopic (exact) mass is 234 g/mol. The number of aliphatic carboxylic acids is 1. The minimum Gasteiger partial charge on any atom is -0.481 e. The topological polar surface area (TPSA) is 70.7 Å². The Morgan fingerprint density at radius 2 is 2.33 bits per heavy atom. The van der Waals surface area contributed by atoms with E-state index in [1.807, 2.05) is 0 Å². The fraction of sp³-hybridized carbons (Fsp3) is 0.286. The second-order valence-electron chi connectivity index (χ2n) is 2.26. The predicted molar refractivity (Wildman–Crippen MR) is 43.6 cm³/mol. The zero-order chi connectivity index (χ0) is 9.14. The molecule has 0 aliphatic heterocycles.